The number of amides is 2. The molecule has 0 radical (unpaired) electrons. The van der Waals surface area contributed by atoms with Crippen LogP contribution < -0.4 is 5.32 Å². The molecule has 4 atom stereocenters. The maximum Gasteiger partial charge on any atom is 0.230 e. The molecule has 1 N–H and O–H groups in total. The van der Waals surface area contributed by atoms with Gasteiger partial charge >= 0.3 is 0 Å². The number of aromatic nitrogens is 2. The van der Waals surface area contributed by atoms with E-state index < -0.39 is 0 Å². The Morgan fingerprint density at radius 2 is 2.08 bits per heavy atom. The highest BCUT2D eigenvalue weighted by Crippen LogP contribution is 2.36. The minimum Gasteiger partial charge on any atom is -0.339 e. The van der Waals surface area contributed by atoms with Crippen molar-refractivity contribution in [1.82, 2.24) is 14.7 Å². The lowest BCUT2D eigenvalue weighted by Crippen LogP contribution is -2.45. The molecule has 0 bridgehead atoms. The minimum absolute atomic E-state index is 0.0743. The van der Waals surface area contributed by atoms with Gasteiger partial charge in [0.15, 0.2) is 0 Å². The zero-order chi connectivity index (χ0) is 18.1. The number of likely N-dealkylation sites (tertiary alicyclic amines) is 1. The smallest absolute Gasteiger partial charge is 0.230 e. The van der Waals surface area contributed by atoms with Gasteiger partial charge in [-0.2, -0.15) is 5.10 Å². The lowest BCUT2D eigenvalue weighted by Gasteiger charge is -2.40. The maximum atomic E-state index is 12.7. The van der Waals surface area contributed by atoms with Gasteiger partial charge in [-0.15, -0.1) is 0 Å². The molecule has 3 rings (SSSR count). The zero-order valence-corrected chi connectivity index (χ0v) is 15.7. The number of nitrogens with one attached hydrogen (secondary N) is 1. The van der Waals surface area contributed by atoms with Crippen molar-refractivity contribution < 1.29 is 9.59 Å². The maximum absolute atomic E-state index is 12.7. The second-order valence-corrected chi connectivity index (χ2v) is 8.03. The molecule has 1 aromatic heterocycles. The molecule has 0 aromatic carbocycles. The van der Waals surface area contributed by atoms with Gasteiger partial charge in [-0.05, 0) is 32.1 Å². The molecule has 0 spiro atoms. The number of rotatable bonds is 4. The average molecular weight is 346 g/mol. The second-order valence-electron chi connectivity index (χ2n) is 8.03. The third-order valence-corrected chi connectivity index (χ3v) is 6.00. The van der Waals surface area contributed by atoms with Gasteiger partial charge in [0.25, 0.3) is 0 Å². The van der Waals surface area contributed by atoms with E-state index in [-0.39, 0.29) is 29.8 Å². The predicted molar refractivity (Wildman–Crippen MR) is 97.0 cm³/mol. The second kappa shape index (κ2) is 7.18. The summed E-state index contributed by atoms with van der Waals surface area (Å²) < 4.78 is 1.79. The molecule has 25 heavy (non-hydrogen) atoms. The summed E-state index contributed by atoms with van der Waals surface area (Å²) in [5.74, 6) is 1.62. The molecule has 1 aliphatic heterocycles. The Hall–Kier alpha value is -1.85. The Balaban J connectivity index is 1.65. The Morgan fingerprint density at radius 3 is 2.80 bits per heavy atom. The Kier molecular flexibility index (Phi) is 5.16. The van der Waals surface area contributed by atoms with Crippen molar-refractivity contribution in [2.45, 2.75) is 65.5 Å². The fourth-order valence-electron chi connectivity index (χ4n) is 4.27. The molecular weight excluding hydrogens is 316 g/mol. The van der Waals surface area contributed by atoms with E-state index in [0.29, 0.717) is 30.6 Å². The Morgan fingerprint density at radius 1 is 1.32 bits per heavy atom. The van der Waals surface area contributed by atoms with Crippen LogP contribution in [0, 0.1) is 17.8 Å². The van der Waals surface area contributed by atoms with E-state index in [4.69, 9.17) is 0 Å². The van der Waals surface area contributed by atoms with Crippen LogP contribution in [0.2, 0.25) is 0 Å². The highest BCUT2D eigenvalue weighted by atomic mass is 16.2. The summed E-state index contributed by atoms with van der Waals surface area (Å²) in [4.78, 5) is 27.2. The van der Waals surface area contributed by atoms with Gasteiger partial charge in [0.2, 0.25) is 11.8 Å². The summed E-state index contributed by atoms with van der Waals surface area (Å²) >= 11 is 0. The number of nitrogens with zero attached hydrogens (tertiary/aromatic N) is 3. The normalized spacial score (nSPS) is 30.1. The fraction of sp³-hybridized carbons (Fsp3) is 0.737. The van der Waals surface area contributed by atoms with Gasteiger partial charge in [-0.1, -0.05) is 26.7 Å². The molecule has 2 heterocycles. The number of anilines is 1. The number of hydrogen-bond donors (Lipinski definition) is 1. The van der Waals surface area contributed by atoms with E-state index in [9.17, 15) is 9.59 Å². The van der Waals surface area contributed by atoms with E-state index in [2.05, 4.69) is 24.3 Å². The van der Waals surface area contributed by atoms with E-state index in [1.807, 2.05) is 18.7 Å². The molecular formula is C19H30N4O2. The van der Waals surface area contributed by atoms with Crippen LogP contribution in [-0.4, -0.2) is 39.1 Å². The lowest BCUT2D eigenvalue weighted by atomic mass is 9.77. The molecule has 1 saturated heterocycles. The first-order valence-electron chi connectivity index (χ1n) is 9.52. The summed E-state index contributed by atoms with van der Waals surface area (Å²) in [6.07, 6.45) is 5.48. The molecule has 1 saturated carbocycles. The summed E-state index contributed by atoms with van der Waals surface area (Å²) in [5.41, 5.74) is 0. The van der Waals surface area contributed by atoms with Crippen LogP contribution >= 0.6 is 0 Å². The van der Waals surface area contributed by atoms with Crippen LogP contribution in [0.4, 0.5) is 5.82 Å². The predicted octanol–water partition coefficient (Wildman–Crippen LogP) is 3.08. The first kappa shape index (κ1) is 18.0. The van der Waals surface area contributed by atoms with Crippen molar-refractivity contribution in [3.63, 3.8) is 0 Å². The first-order valence-corrected chi connectivity index (χ1v) is 9.52. The summed E-state index contributed by atoms with van der Waals surface area (Å²) in [6, 6.07) is 2.27. The molecule has 2 amide bonds. The van der Waals surface area contributed by atoms with Gasteiger partial charge in [0.1, 0.15) is 5.82 Å². The van der Waals surface area contributed by atoms with Gasteiger partial charge in [0, 0.05) is 31.1 Å². The van der Waals surface area contributed by atoms with Crippen molar-refractivity contribution in [1.29, 1.82) is 0 Å². The number of carbonyl (C=O) groups is 2. The largest absolute Gasteiger partial charge is 0.339 e. The van der Waals surface area contributed by atoms with Crippen LogP contribution in [-0.2, 0) is 9.59 Å². The van der Waals surface area contributed by atoms with Gasteiger partial charge in [-0.25, -0.2) is 4.68 Å². The van der Waals surface area contributed by atoms with Crippen LogP contribution in [0.5, 0.6) is 0 Å². The van der Waals surface area contributed by atoms with E-state index in [0.717, 1.165) is 6.42 Å². The van der Waals surface area contributed by atoms with Gasteiger partial charge in [0.05, 0.1) is 12.1 Å². The SMILES string of the molecule is CC1CCCC(N2CC(C(=O)Nc3ccnn3C(C)C)CC2=O)C1C. The minimum atomic E-state index is -0.271. The highest BCUT2D eigenvalue weighted by molar-refractivity contribution is 5.96. The third-order valence-electron chi connectivity index (χ3n) is 6.00. The van der Waals surface area contributed by atoms with Gasteiger partial charge in [-0.3, -0.25) is 9.59 Å². The lowest BCUT2D eigenvalue weighted by molar-refractivity contribution is -0.131. The Labute approximate surface area is 149 Å². The molecule has 2 fully saturated rings. The van der Waals surface area contributed by atoms with Crippen molar-refractivity contribution in [3.05, 3.63) is 12.3 Å². The quantitative estimate of drug-likeness (QED) is 0.911. The standard InChI is InChI=1S/C19H30N4O2/c1-12(2)23-17(8-9-20-23)21-19(25)15-10-18(24)22(11-15)16-7-5-6-13(3)14(16)4/h8-9,12-16H,5-7,10-11H2,1-4H3,(H,21,25). The summed E-state index contributed by atoms with van der Waals surface area (Å²) in [6.45, 7) is 9.11. The molecule has 138 valence electrons. The highest BCUT2D eigenvalue weighted by Gasteiger charge is 2.41. The topological polar surface area (TPSA) is 67.2 Å². The Bertz CT molecular complexity index is 639. The molecule has 2 aliphatic rings. The first-order chi connectivity index (χ1) is 11.9. The van der Waals surface area contributed by atoms with E-state index in [1.54, 1.807) is 16.9 Å². The van der Waals surface area contributed by atoms with Crippen LogP contribution in [0.15, 0.2) is 12.3 Å². The van der Waals surface area contributed by atoms with Crippen molar-refractivity contribution in [3.8, 4) is 0 Å². The average Bonchev–Trinajstić information content (AvgIpc) is 3.17. The van der Waals surface area contributed by atoms with Gasteiger partial charge < -0.3 is 10.2 Å². The van der Waals surface area contributed by atoms with E-state index in [1.165, 1.54) is 12.8 Å². The molecule has 6 nitrogen and oxygen atoms in total. The van der Waals surface area contributed by atoms with Crippen LogP contribution in [0.25, 0.3) is 0 Å². The van der Waals surface area contributed by atoms with E-state index >= 15 is 0 Å². The van der Waals surface area contributed by atoms with Crippen molar-refractivity contribution in [2.75, 3.05) is 11.9 Å². The van der Waals surface area contributed by atoms with Crippen molar-refractivity contribution >= 4 is 17.6 Å². The summed E-state index contributed by atoms with van der Waals surface area (Å²) in [5, 5.41) is 7.20. The number of hydrogen-bond acceptors (Lipinski definition) is 3. The molecule has 1 aliphatic carbocycles. The fourth-order valence-corrected chi connectivity index (χ4v) is 4.27. The molecule has 6 heteroatoms. The molecule has 1 aromatic rings. The van der Waals surface area contributed by atoms with Crippen LogP contribution in [0.1, 0.15) is 59.4 Å². The molecule has 4 unspecified atom stereocenters. The number of carbonyl (C=O) groups excluding carboxylic acids is 2. The van der Waals surface area contributed by atoms with Crippen molar-refractivity contribution in [2.24, 2.45) is 17.8 Å². The monoisotopic (exact) mass is 346 g/mol. The summed E-state index contributed by atoms with van der Waals surface area (Å²) in [7, 11) is 0. The third kappa shape index (κ3) is 3.58. The zero-order valence-electron chi connectivity index (χ0n) is 15.7. The van der Waals surface area contributed by atoms with Crippen LogP contribution in [0.3, 0.4) is 0 Å².